The molecule has 2 aromatic carbocycles. The number of piperidine rings is 1. The van der Waals surface area contributed by atoms with Gasteiger partial charge in [0.15, 0.2) is 11.4 Å². The Morgan fingerprint density at radius 3 is 2.67 bits per heavy atom. The molecule has 0 saturated carbocycles. The number of hydrogen-bond acceptors (Lipinski definition) is 6. The Morgan fingerprint density at radius 2 is 1.88 bits per heavy atom. The van der Waals surface area contributed by atoms with Crippen LogP contribution in [0.3, 0.4) is 0 Å². The SMILES string of the molecule is CC1(S(=O)(=O)n2cc(C(=O)CCCCN3CCC(c4noc5cc(F)ccc45)CC3)c3ccccc32)C=C(F)C=CC1. The normalized spacial score (nSPS) is 20.4. The third kappa shape index (κ3) is 5.22. The number of benzene rings is 2. The average Bonchev–Trinajstić information content (AvgIpc) is 3.57. The summed E-state index contributed by atoms with van der Waals surface area (Å²) in [5.74, 6) is -0.770. The number of Topliss-reactive ketones (excluding diaryl/α,β-unsaturated/α-hetero) is 1. The molecule has 0 N–H and O–H groups in total. The summed E-state index contributed by atoms with van der Waals surface area (Å²) in [6, 6.07) is 11.5. The van der Waals surface area contributed by atoms with Gasteiger partial charge in [-0.2, -0.15) is 0 Å². The fraction of sp³-hybridized carbons (Fsp3) is 0.375. The van der Waals surface area contributed by atoms with E-state index in [0.29, 0.717) is 34.9 Å². The Labute approximate surface area is 243 Å². The summed E-state index contributed by atoms with van der Waals surface area (Å²) in [7, 11) is -4.05. The molecule has 1 fully saturated rings. The Morgan fingerprint density at radius 1 is 1.10 bits per heavy atom. The van der Waals surface area contributed by atoms with Crippen LogP contribution < -0.4 is 0 Å². The second-order valence-electron chi connectivity index (χ2n) is 11.5. The highest BCUT2D eigenvalue weighted by molar-refractivity contribution is 7.91. The van der Waals surface area contributed by atoms with Crippen LogP contribution >= 0.6 is 0 Å². The minimum Gasteiger partial charge on any atom is -0.356 e. The van der Waals surface area contributed by atoms with Crippen LogP contribution in [0.15, 0.2) is 77.2 Å². The molecule has 0 amide bonds. The van der Waals surface area contributed by atoms with Gasteiger partial charge in [0.05, 0.1) is 11.2 Å². The summed E-state index contributed by atoms with van der Waals surface area (Å²) in [6.07, 6.45) is 9.16. The molecule has 1 saturated heterocycles. The van der Waals surface area contributed by atoms with E-state index in [4.69, 9.17) is 4.52 Å². The van der Waals surface area contributed by atoms with Crippen molar-refractivity contribution in [3.63, 3.8) is 0 Å². The maximum atomic E-state index is 14.1. The number of aromatic nitrogens is 2. The number of halogens is 2. The summed E-state index contributed by atoms with van der Waals surface area (Å²) in [5, 5.41) is 5.67. The number of hydrogen-bond donors (Lipinski definition) is 0. The van der Waals surface area contributed by atoms with Gasteiger partial charge >= 0.3 is 0 Å². The first kappa shape index (κ1) is 28.5. The lowest BCUT2D eigenvalue weighted by Crippen LogP contribution is -2.38. The van der Waals surface area contributed by atoms with E-state index in [-0.39, 0.29) is 23.9 Å². The van der Waals surface area contributed by atoms with Gasteiger partial charge < -0.3 is 9.42 Å². The monoisotopic (exact) mass is 593 g/mol. The quantitative estimate of drug-likeness (QED) is 0.155. The van der Waals surface area contributed by atoms with Crippen LogP contribution in [0.2, 0.25) is 0 Å². The van der Waals surface area contributed by atoms with Crippen molar-refractivity contribution >= 4 is 37.7 Å². The van der Waals surface area contributed by atoms with Gasteiger partial charge in [0.1, 0.15) is 16.4 Å². The number of likely N-dealkylation sites (tertiary alicyclic amines) is 1. The molecule has 2 aromatic heterocycles. The maximum Gasteiger partial charge on any atom is 0.248 e. The Balaban J connectivity index is 1.06. The van der Waals surface area contributed by atoms with Crippen molar-refractivity contribution in [3.05, 3.63) is 89.8 Å². The average molecular weight is 594 g/mol. The van der Waals surface area contributed by atoms with Gasteiger partial charge in [0, 0.05) is 40.9 Å². The molecule has 1 atom stereocenters. The smallest absolute Gasteiger partial charge is 0.248 e. The van der Waals surface area contributed by atoms with E-state index in [0.717, 1.165) is 60.0 Å². The molecule has 4 aromatic rings. The molecular weight excluding hydrogens is 560 g/mol. The lowest BCUT2D eigenvalue weighted by molar-refractivity contribution is 0.0978. The van der Waals surface area contributed by atoms with Gasteiger partial charge in [0.25, 0.3) is 0 Å². The van der Waals surface area contributed by atoms with Gasteiger partial charge in [-0.25, -0.2) is 21.2 Å². The standard InChI is InChI=1S/C32H33F2N3O4S/c1-32(15-6-7-24(34)20-32)42(39,40)37-21-27(25-8-2-3-9-28(25)37)29(38)10-4-5-16-36-17-13-22(14-18-36)31-26-12-11-23(33)19-30(26)41-35-31/h2-3,6-9,11-12,19-22H,4-5,10,13-18H2,1H3. The molecule has 1 aliphatic heterocycles. The van der Waals surface area contributed by atoms with E-state index >= 15 is 0 Å². The van der Waals surface area contributed by atoms with Crippen molar-refractivity contribution in [2.75, 3.05) is 19.6 Å². The molecule has 42 heavy (non-hydrogen) atoms. The predicted molar refractivity (Wildman–Crippen MR) is 158 cm³/mol. The van der Waals surface area contributed by atoms with Crippen LogP contribution in [0.1, 0.15) is 67.4 Å². The lowest BCUT2D eigenvalue weighted by Gasteiger charge is -2.31. The van der Waals surface area contributed by atoms with E-state index in [1.165, 1.54) is 37.4 Å². The van der Waals surface area contributed by atoms with Crippen molar-refractivity contribution in [1.29, 1.82) is 0 Å². The second-order valence-corrected chi connectivity index (χ2v) is 13.8. The van der Waals surface area contributed by atoms with Gasteiger partial charge in [0.2, 0.25) is 10.0 Å². The van der Waals surface area contributed by atoms with Crippen molar-refractivity contribution in [3.8, 4) is 0 Å². The minimum atomic E-state index is -4.05. The molecular formula is C32H33F2N3O4S. The van der Waals surface area contributed by atoms with Gasteiger partial charge in [-0.3, -0.25) is 4.79 Å². The maximum absolute atomic E-state index is 14.1. The largest absolute Gasteiger partial charge is 0.356 e. The molecule has 2 aliphatic rings. The number of fused-ring (bicyclic) bond motifs is 2. The number of unbranched alkanes of at least 4 members (excludes halogenated alkanes) is 1. The topological polar surface area (TPSA) is 85.4 Å². The fourth-order valence-electron chi connectivity index (χ4n) is 6.19. The molecule has 6 rings (SSSR count). The Kier molecular flexibility index (Phi) is 7.61. The summed E-state index contributed by atoms with van der Waals surface area (Å²) in [6.45, 7) is 4.18. The zero-order chi connectivity index (χ0) is 29.5. The van der Waals surface area contributed by atoms with E-state index in [1.54, 1.807) is 30.3 Å². The summed E-state index contributed by atoms with van der Waals surface area (Å²) >= 11 is 0. The van der Waals surface area contributed by atoms with E-state index < -0.39 is 20.6 Å². The molecule has 0 radical (unpaired) electrons. The van der Waals surface area contributed by atoms with Gasteiger partial charge in [-0.1, -0.05) is 29.4 Å². The van der Waals surface area contributed by atoms with E-state index in [9.17, 15) is 22.0 Å². The number of carbonyl (C=O) groups excluding carboxylic acids is 1. The van der Waals surface area contributed by atoms with Crippen LogP contribution in [0, 0.1) is 5.82 Å². The van der Waals surface area contributed by atoms with Crippen LogP contribution in [-0.4, -0.2) is 52.6 Å². The van der Waals surface area contributed by atoms with Gasteiger partial charge in [-0.05, 0) is 89.0 Å². The molecule has 7 nitrogen and oxygen atoms in total. The Hall–Kier alpha value is -3.63. The van der Waals surface area contributed by atoms with Crippen LogP contribution in [0.25, 0.3) is 21.9 Å². The summed E-state index contributed by atoms with van der Waals surface area (Å²) < 4.78 is 60.0. The molecule has 1 aliphatic carbocycles. The van der Waals surface area contributed by atoms with E-state index in [1.807, 2.05) is 0 Å². The molecule has 10 heteroatoms. The number of ketones is 1. The third-order valence-electron chi connectivity index (χ3n) is 8.63. The fourth-order valence-corrected chi connectivity index (χ4v) is 7.87. The summed E-state index contributed by atoms with van der Waals surface area (Å²) in [4.78, 5) is 15.7. The first-order chi connectivity index (χ1) is 20.2. The molecule has 3 heterocycles. The van der Waals surface area contributed by atoms with Crippen molar-refractivity contribution in [1.82, 2.24) is 14.0 Å². The molecule has 0 bridgehead atoms. The number of para-hydroxylation sites is 1. The first-order valence-corrected chi connectivity index (χ1v) is 15.8. The molecule has 1 unspecified atom stereocenters. The van der Waals surface area contributed by atoms with Gasteiger partial charge in [-0.15, -0.1) is 0 Å². The zero-order valence-electron chi connectivity index (χ0n) is 23.4. The highest BCUT2D eigenvalue weighted by atomic mass is 32.2. The number of nitrogens with zero attached hydrogens (tertiary/aromatic N) is 3. The zero-order valence-corrected chi connectivity index (χ0v) is 24.2. The number of allylic oxidation sites excluding steroid dienone is 3. The highest BCUT2D eigenvalue weighted by Crippen LogP contribution is 2.35. The Bertz CT molecular complexity index is 1820. The van der Waals surface area contributed by atoms with Crippen molar-refractivity contribution < 1.29 is 26.5 Å². The number of carbonyl (C=O) groups is 1. The highest BCUT2D eigenvalue weighted by Gasteiger charge is 2.40. The van der Waals surface area contributed by atoms with Crippen LogP contribution in [0.4, 0.5) is 8.78 Å². The van der Waals surface area contributed by atoms with Crippen molar-refractivity contribution in [2.45, 2.75) is 56.1 Å². The third-order valence-corrected chi connectivity index (χ3v) is 10.9. The molecule has 0 spiro atoms. The van der Waals surface area contributed by atoms with E-state index in [2.05, 4.69) is 10.1 Å². The predicted octanol–water partition coefficient (Wildman–Crippen LogP) is 6.90. The molecule has 220 valence electrons. The number of rotatable bonds is 9. The second kappa shape index (κ2) is 11.2. The van der Waals surface area contributed by atoms with Crippen molar-refractivity contribution in [2.24, 2.45) is 0 Å². The minimum absolute atomic E-state index is 0.108. The van der Waals surface area contributed by atoms with Crippen LogP contribution in [0.5, 0.6) is 0 Å². The first-order valence-electron chi connectivity index (χ1n) is 14.4. The summed E-state index contributed by atoms with van der Waals surface area (Å²) in [5.41, 5.74) is 2.16. The van der Waals surface area contributed by atoms with Crippen LogP contribution in [-0.2, 0) is 10.0 Å². The lowest BCUT2D eigenvalue weighted by atomic mass is 9.91.